The lowest BCUT2D eigenvalue weighted by atomic mass is 9.93. The van der Waals surface area contributed by atoms with E-state index in [4.69, 9.17) is 4.74 Å². The molecule has 5 rings (SSSR count). The van der Waals surface area contributed by atoms with Gasteiger partial charge in [0, 0.05) is 37.3 Å². The van der Waals surface area contributed by atoms with E-state index in [9.17, 15) is 27.9 Å². The molecule has 0 radical (unpaired) electrons. The zero-order valence-corrected chi connectivity index (χ0v) is 24.3. The molecule has 1 amide bonds. The van der Waals surface area contributed by atoms with Gasteiger partial charge in [-0.2, -0.15) is 0 Å². The van der Waals surface area contributed by atoms with Crippen LogP contribution < -0.4 is 10.3 Å². The molecule has 0 unspecified atom stereocenters. The number of amides is 1. The van der Waals surface area contributed by atoms with Gasteiger partial charge in [-0.1, -0.05) is 6.07 Å². The van der Waals surface area contributed by atoms with Crippen molar-refractivity contribution in [3.05, 3.63) is 80.3 Å². The average molecular weight is 585 g/mol. The quantitative estimate of drug-likeness (QED) is 0.277. The van der Waals surface area contributed by atoms with Crippen LogP contribution in [0.15, 0.2) is 47.4 Å². The Balaban J connectivity index is 1.69. The first kappa shape index (κ1) is 28.9. The van der Waals surface area contributed by atoms with Gasteiger partial charge in [0.05, 0.1) is 27.1 Å². The number of benzene rings is 2. The zero-order chi connectivity index (χ0) is 29.9. The van der Waals surface area contributed by atoms with E-state index in [0.717, 1.165) is 16.2 Å². The normalized spacial score (nSPS) is 15.4. The summed E-state index contributed by atoms with van der Waals surface area (Å²) >= 11 is 1.06. The molecular weight excluding hydrogens is 553 g/mol. The highest BCUT2D eigenvalue weighted by Crippen LogP contribution is 2.43. The maximum Gasteiger partial charge on any atom is 0.265 e. The number of carbonyl (C=O) groups is 1. The maximum absolute atomic E-state index is 14.1. The first-order chi connectivity index (χ1) is 19.1. The van der Waals surface area contributed by atoms with E-state index in [1.807, 2.05) is 0 Å². The molecule has 0 atom stereocenters. The lowest BCUT2D eigenvalue weighted by Gasteiger charge is -2.32. The molecule has 1 aliphatic heterocycles. The number of ether oxygens (including phenoxy) is 1. The Kier molecular flexibility index (Phi) is 7.28. The van der Waals surface area contributed by atoms with Gasteiger partial charge < -0.3 is 19.3 Å². The summed E-state index contributed by atoms with van der Waals surface area (Å²) < 4.78 is 50.4. The van der Waals surface area contributed by atoms with Crippen molar-refractivity contribution in [2.75, 3.05) is 13.1 Å². The van der Waals surface area contributed by atoms with Crippen molar-refractivity contribution in [1.29, 1.82) is 0 Å². The van der Waals surface area contributed by atoms with Gasteiger partial charge in [-0.15, -0.1) is 11.3 Å². The molecule has 216 valence electrons. The maximum atomic E-state index is 14.1. The summed E-state index contributed by atoms with van der Waals surface area (Å²) in [5, 5.41) is 11.1. The number of aryl methyl sites for hydroxylation is 3. The summed E-state index contributed by atoms with van der Waals surface area (Å²) in [6, 6.07) is 9.41. The number of thiophene rings is 1. The highest BCUT2D eigenvalue weighted by molar-refractivity contribution is 7.21. The number of aromatic nitrogens is 1. The van der Waals surface area contributed by atoms with Crippen molar-refractivity contribution in [2.24, 2.45) is 7.05 Å². The first-order valence-corrected chi connectivity index (χ1v) is 14.1. The predicted octanol–water partition coefficient (Wildman–Crippen LogP) is 6.91. The Bertz CT molecular complexity index is 1710. The number of piperidine rings is 1. The first-order valence-electron chi connectivity index (χ1n) is 13.3. The summed E-state index contributed by atoms with van der Waals surface area (Å²) in [5.74, 6) is -3.01. The van der Waals surface area contributed by atoms with Crippen molar-refractivity contribution >= 4 is 27.3 Å². The summed E-state index contributed by atoms with van der Waals surface area (Å²) in [6.07, 6.45) is 1.57. The third kappa shape index (κ3) is 5.63. The van der Waals surface area contributed by atoms with Crippen molar-refractivity contribution in [1.82, 2.24) is 9.47 Å². The van der Waals surface area contributed by atoms with Gasteiger partial charge in [0.2, 0.25) is 0 Å². The van der Waals surface area contributed by atoms with Crippen molar-refractivity contribution in [3.63, 3.8) is 0 Å². The lowest BCUT2D eigenvalue weighted by molar-refractivity contribution is -0.0559. The zero-order valence-electron chi connectivity index (χ0n) is 23.5. The molecular formula is C31H31F3N2O4S. The number of hydrogen-bond acceptors (Lipinski definition) is 5. The number of rotatable bonds is 5. The van der Waals surface area contributed by atoms with Crippen molar-refractivity contribution in [3.8, 4) is 22.6 Å². The monoisotopic (exact) mass is 584 g/mol. The number of pyridine rings is 1. The van der Waals surface area contributed by atoms with Gasteiger partial charge in [0.1, 0.15) is 17.3 Å². The second kappa shape index (κ2) is 10.3. The Morgan fingerprint density at radius 3 is 2.41 bits per heavy atom. The standard InChI is InChI=1S/C31H31F3N2O4S/c1-17-11-20(32)12-18(2)26(17)40-24-8-7-19(30(3,4)39)13-21(24)23-15-35(5)28(37)22-14-25(41-27(22)23)29(38)36-10-6-9-31(33,34)16-36/h7-8,11-15,39H,6,9-10,16H2,1-5H3. The minimum atomic E-state index is -2.95. The fraction of sp³-hybridized carbons (Fsp3) is 0.355. The number of hydrogen-bond donors (Lipinski definition) is 1. The molecule has 1 N–H and O–H groups in total. The molecule has 1 fully saturated rings. The highest BCUT2D eigenvalue weighted by Gasteiger charge is 2.38. The number of likely N-dealkylation sites (tertiary alicyclic amines) is 1. The Hall–Kier alpha value is -3.63. The number of alkyl halides is 2. The average Bonchev–Trinajstić information content (AvgIpc) is 3.32. The number of aliphatic hydroxyl groups is 1. The SMILES string of the molecule is Cc1cc(F)cc(C)c1Oc1ccc(C(C)(C)O)cc1-c1cn(C)c(=O)c2cc(C(=O)N3CCCC(F)(F)C3)sc12. The van der Waals surface area contributed by atoms with Crippen molar-refractivity contribution in [2.45, 2.75) is 52.1 Å². The van der Waals surface area contributed by atoms with E-state index in [0.29, 0.717) is 44.0 Å². The lowest BCUT2D eigenvalue weighted by Crippen LogP contribution is -2.45. The topological polar surface area (TPSA) is 71.8 Å². The molecule has 1 aliphatic rings. The smallest absolute Gasteiger partial charge is 0.265 e. The molecule has 0 bridgehead atoms. The molecule has 0 aliphatic carbocycles. The number of halogens is 3. The van der Waals surface area contributed by atoms with E-state index in [1.165, 1.54) is 22.8 Å². The minimum Gasteiger partial charge on any atom is -0.456 e. The van der Waals surface area contributed by atoms with Crippen LogP contribution in [0, 0.1) is 19.7 Å². The van der Waals surface area contributed by atoms with E-state index in [-0.39, 0.29) is 41.0 Å². The molecule has 0 spiro atoms. The van der Waals surface area contributed by atoms with Crippen LogP contribution in [0.4, 0.5) is 13.2 Å². The Morgan fingerprint density at radius 2 is 1.78 bits per heavy atom. The van der Waals surface area contributed by atoms with Crippen LogP contribution in [0.2, 0.25) is 0 Å². The fourth-order valence-electron chi connectivity index (χ4n) is 5.22. The minimum absolute atomic E-state index is 0.189. The summed E-state index contributed by atoms with van der Waals surface area (Å²) in [5.41, 5.74) is 1.32. The number of carbonyl (C=O) groups excluding carboxylic acids is 1. The third-order valence-corrected chi connectivity index (χ3v) is 8.51. The van der Waals surface area contributed by atoms with Crippen LogP contribution in [-0.2, 0) is 12.6 Å². The van der Waals surface area contributed by atoms with E-state index in [2.05, 4.69) is 0 Å². The van der Waals surface area contributed by atoms with Crippen LogP contribution in [0.5, 0.6) is 11.5 Å². The third-order valence-electron chi connectivity index (χ3n) is 7.35. The van der Waals surface area contributed by atoms with Crippen LogP contribution in [-0.4, -0.2) is 39.5 Å². The highest BCUT2D eigenvalue weighted by atomic mass is 32.1. The van der Waals surface area contributed by atoms with Gasteiger partial charge in [0.15, 0.2) is 0 Å². The van der Waals surface area contributed by atoms with Crippen LogP contribution in [0.1, 0.15) is 53.1 Å². The molecule has 0 saturated carbocycles. The van der Waals surface area contributed by atoms with E-state index < -0.39 is 24.0 Å². The van der Waals surface area contributed by atoms with Crippen molar-refractivity contribution < 1.29 is 27.8 Å². The van der Waals surface area contributed by atoms with E-state index in [1.54, 1.807) is 59.1 Å². The number of nitrogens with zero attached hydrogens (tertiary/aromatic N) is 2. The Labute approximate surface area is 239 Å². The second-order valence-electron chi connectivity index (χ2n) is 11.2. The molecule has 2 aromatic heterocycles. The van der Waals surface area contributed by atoms with Gasteiger partial charge in [0.25, 0.3) is 17.4 Å². The van der Waals surface area contributed by atoms with Gasteiger partial charge in [-0.05, 0) is 81.1 Å². The molecule has 41 heavy (non-hydrogen) atoms. The second-order valence-corrected chi connectivity index (χ2v) is 12.3. The van der Waals surface area contributed by atoms with E-state index >= 15 is 0 Å². The molecule has 2 aromatic carbocycles. The van der Waals surface area contributed by atoms with Gasteiger partial charge in [-0.3, -0.25) is 9.59 Å². The molecule has 3 heterocycles. The Morgan fingerprint density at radius 1 is 1.10 bits per heavy atom. The van der Waals surface area contributed by atoms with Gasteiger partial charge >= 0.3 is 0 Å². The summed E-state index contributed by atoms with van der Waals surface area (Å²) in [7, 11) is 1.59. The summed E-state index contributed by atoms with van der Waals surface area (Å²) in [4.78, 5) is 27.8. The van der Waals surface area contributed by atoms with Crippen LogP contribution in [0.25, 0.3) is 21.2 Å². The summed E-state index contributed by atoms with van der Waals surface area (Å²) in [6.45, 7) is 6.33. The van der Waals surface area contributed by atoms with Crippen LogP contribution >= 0.6 is 11.3 Å². The molecule has 10 heteroatoms. The molecule has 4 aromatic rings. The largest absolute Gasteiger partial charge is 0.456 e. The fourth-order valence-corrected chi connectivity index (χ4v) is 6.36. The molecule has 6 nitrogen and oxygen atoms in total. The van der Waals surface area contributed by atoms with Crippen LogP contribution in [0.3, 0.4) is 0 Å². The predicted molar refractivity (Wildman–Crippen MR) is 154 cm³/mol. The number of fused-ring (bicyclic) bond motifs is 1. The molecule has 1 saturated heterocycles. The van der Waals surface area contributed by atoms with Gasteiger partial charge in [-0.25, -0.2) is 13.2 Å².